The van der Waals surface area contributed by atoms with Crippen LogP contribution in [0.15, 0.2) is 77.2 Å². The van der Waals surface area contributed by atoms with Crippen molar-refractivity contribution in [2.75, 3.05) is 0 Å². The van der Waals surface area contributed by atoms with Crippen molar-refractivity contribution in [1.82, 2.24) is 0 Å². The SMILES string of the molecule is CCCCCC#C/C=C(\C(=O)c1ccccc1)C(=O)S(=O)(=O)c1ccccc1. The van der Waals surface area contributed by atoms with Crippen LogP contribution in [-0.2, 0) is 14.6 Å². The third-order valence-corrected chi connectivity index (χ3v) is 5.62. The first-order chi connectivity index (χ1) is 13.5. The molecule has 2 aromatic rings. The summed E-state index contributed by atoms with van der Waals surface area (Å²) in [5.74, 6) is 4.90. The van der Waals surface area contributed by atoms with Gasteiger partial charge in [0.25, 0.3) is 5.12 Å². The van der Waals surface area contributed by atoms with E-state index in [-0.39, 0.29) is 10.5 Å². The number of ketones is 1. The lowest BCUT2D eigenvalue weighted by Crippen LogP contribution is -2.22. The van der Waals surface area contributed by atoms with E-state index in [2.05, 4.69) is 18.8 Å². The number of rotatable bonds is 7. The molecule has 0 aliphatic rings. The molecule has 0 aliphatic heterocycles. The Kier molecular flexibility index (Phi) is 7.91. The third kappa shape index (κ3) is 5.51. The number of hydrogen-bond acceptors (Lipinski definition) is 4. The van der Waals surface area contributed by atoms with Crippen LogP contribution in [0.5, 0.6) is 0 Å². The van der Waals surface area contributed by atoms with E-state index in [4.69, 9.17) is 0 Å². The second-order valence-corrected chi connectivity index (χ2v) is 7.98. The van der Waals surface area contributed by atoms with Crippen LogP contribution in [0.25, 0.3) is 0 Å². The fourth-order valence-corrected chi connectivity index (χ4v) is 3.64. The average molecular weight is 394 g/mol. The summed E-state index contributed by atoms with van der Waals surface area (Å²) in [7, 11) is -4.34. The summed E-state index contributed by atoms with van der Waals surface area (Å²) < 4.78 is 25.4. The highest BCUT2D eigenvalue weighted by atomic mass is 32.2. The minimum absolute atomic E-state index is 0.150. The number of Topliss-reactive ketones (excluding diaryl/α,β-unsaturated/α-hetero) is 1. The predicted molar refractivity (Wildman–Crippen MR) is 109 cm³/mol. The van der Waals surface area contributed by atoms with E-state index in [1.54, 1.807) is 24.3 Å². The van der Waals surface area contributed by atoms with E-state index in [0.717, 1.165) is 25.3 Å². The molecule has 0 aromatic heterocycles. The number of unbranched alkanes of at least 4 members (excludes halogenated alkanes) is 3. The van der Waals surface area contributed by atoms with E-state index in [1.165, 1.54) is 36.4 Å². The second kappa shape index (κ2) is 10.4. The van der Waals surface area contributed by atoms with Crippen LogP contribution in [0.3, 0.4) is 0 Å². The summed E-state index contributed by atoms with van der Waals surface area (Å²) in [5.41, 5.74) is -0.212. The van der Waals surface area contributed by atoms with Crippen molar-refractivity contribution < 1.29 is 18.0 Å². The van der Waals surface area contributed by atoms with E-state index >= 15 is 0 Å². The first kappa shape index (κ1) is 21.3. The Morgan fingerprint density at radius 1 is 0.929 bits per heavy atom. The van der Waals surface area contributed by atoms with Gasteiger partial charge in [-0.2, -0.15) is 0 Å². The van der Waals surface area contributed by atoms with E-state index in [9.17, 15) is 18.0 Å². The standard InChI is InChI=1S/C23H22O4S/c1-2-3-4-5-6-13-18-21(22(24)19-14-9-7-10-15-19)23(25)28(26,27)20-16-11-8-12-17-20/h7-12,14-18H,2-5H2,1H3/b21-18+. The van der Waals surface area contributed by atoms with Crippen LogP contribution in [0.2, 0.25) is 0 Å². The number of benzene rings is 2. The van der Waals surface area contributed by atoms with Crippen LogP contribution in [-0.4, -0.2) is 19.3 Å². The Morgan fingerprint density at radius 3 is 2.14 bits per heavy atom. The van der Waals surface area contributed by atoms with E-state index in [1.807, 2.05) is 0 Å². The quantitative estimate of drug-likeness (QED) is 0.175. The molecule has 0 atom stereocenters. The van der Waals surface area contributed by atoms with Crippen molar-refractivity contribution >= 4 is 20.7 Å². The lowest BCUT2D eigenvalue weighted by atomic mass is 10.0. The van der Waals surface area contributed by atoms with Crippen LogP contribution in [0, 0.1) is 11.8 Å². The van der Waals surface area contributed by atoms with E-state index < -0.39 is 26.3 Å². The summed E-state index contributed by atoms with van der Waals surface area (Å²) in [6, 6.07) is 15.5. The van der Waals surface area contributed by atoms with Crippen LogP contribution >= 0.6 is 0 Å². The molecule has 4 nitrogen and oxygen atoms in total. The van der Waals surface area contributed by atoms with Gasteiger partial charge in [-0.25, -0.2) is 8.42 Å². The predicted octanol–water partition coefficient (Wildman–Crippen LogP) is 4.38. The maximum atomic E-state index is 12.8. The molecule has 0 radical (unpaired) electrons. The molecule has 0 N–H and O–H groups in total. The number of carbonyl (C=O) groups excluding carboxylic acids is 2. The first-order valence-corrected chi connectivity index (χ1v) is 10.6. The number of sulfone groups is 1. The Bertz CT molecular complexity index is 1010. The molecule has 0 saturated heterocycles. The molecule has 0 heterocycles. The zero-order valence-corrected chi connectivity index (χ0v) is 16.5. The number of carbonyl (C=O) groups is 2. The van der Waals surface area contributed by atoms with Crippen molar-refractivity contribution in [3.8, 4) is 11.8 Å². The molecule has 0 aliphatic carbocycles. The minimum Gasteiger partial charge on any atom is -0.288 e. The van der Waals surface area contributed by atoms with Crippen LogP contribution < -0.4 is 0 Å². The Balaban J connectivity index is 2.40. The molecule has 144 valence electrons. The van der Waals surface area contributed by atoms with Crippen LogP contribution in [0.4, 0.5) is 0 Å². The fourth-order valence-electron chi connectivity index (χ4n) is 2.47. The molecule has 0 unspecified atom stereocenters. The largest absolute Gasteiger partial charge is 0.288 e. The van der Waals surface area contributed by atoms with Crippen molar-refractivity contribution in [3.05, 3.63) is 77.9 Å². The number of hydrogen-bond donors (Lipinski definition) is 0. The lowest BCUT2D eigenvalue weighted by molar-refractivity contribution is -0.108. The maximum Gasteiger partial charge on any atom is 0.286 e. The van der Waals surface area contributed by atoms with Gasteiger partial charge in [-0.3, -0.25) is 9.59 Å². The first-order valence-electron chi connectivity index (χ1n) is 9.11. The van der Waals surface area contributed by atoms with Crippen molar-refractivity contribution in [3.63, 3.8) is 0 Å². The number of allylic oxidation sites excluding steroid dienone is 1. The molecule has 0 fully saturated rings. The highest BCUT2D eigenvalue weighted by Crippen LogP contribution is 2.18. The second-order valence-electron chi connectivity index (χ2n) is 6.14. The van der Waals surface area contributed by atoms with Gasteiger partial charge in [-0.1, -0.05) is 80.1 Å². The van der Waals surface area contributed by atoms with Crippen molar-refractivity contribution in [2.45, 2.75) is 37.5 Å². The van der Waals surface area contributed by atoms with Gasteiger partial charge < -0.3 is 0 Å². The van der Waals surface area contributed by atoms with Crippen LogP contribution in [0.1, 0.15) is 43.0 Å². The topological polar surface area (TPSA) is 68.3 Å². The van der Waals surface area contributed by atoms with Gasteiger partial charge in [0.2, 0.25) is 9.84 Å². The van der Waals surface area contributed by atoms with Crippen molar-refractivity contribution in [2.24, 2.45) is 0 Å². The minimum atomic E-state index is -4.34. The molecule has 0 bridgehead atoms. The highest BCUT2D eigenvalue weighted by Gasteiger charge is 2.32. The smallest absolute Gasteiger partial charge is 0.286 e. The van der Waals surface area contributed by atoms with Gasteiger partial charge in [0.1, 0.15) is 0 Å². The van der Waals surface area contributed by atoms with Gasteiger partial charge in [0.05, 0.1) is 10.5 Å². The Morgan fingerprint density at radius 2 is 1.54 bits per heavy atom. The Hall–Kier alpha value is -2.97. The Labute approximate surface area is 166 Å². The lowest BCUT2D eigenvalue weighted by Gasteiger charge is -2.06. The summed E-state index contributed by atoms with van der Waals surface area (Å²) >= 11 is 0. The fraction of sp³-hybridized carbons (Fsp3) is 0.217. The van der Waals surface area contributed by atoms with E-state index in [0.29, 0.717) is 6.42 Å². The molecule has 2 aromatic carbocycles. The molecule has 0 spiro atoms. The molecular weight excluding hydrogens is 372 g/mol. The molecule has 2 rings (SSSR count). The van der Waals surface area contributed by atoms with Gasteiger partial charge >= 0.3 is 0 Å². The monoisotopic (exact) mass is 394 g/mol. The summed E-state index contributed by atoms with van der Waals surface area (Å²) in [4.78, 5) is 25.5. The molecule has 0 saturated carbocycles. The summed E-state index contributed by atoms with van der Waals surface area (Å²) in [6.07, 6.45) is 4.76. The van der Waals surface area contributed by atoms with Gasteiger partial charge in [0.15, 0.2) is 5.78 Å². The average Bonchev–Trinajstić information content (AvgIpc) is 2.73. The zero-order valence-electron chi connectivity index (χ0n) is 15.7. The molecular formula is C23H22O4S. The zero-order chi connectivity index (χ0) is 20.4. The third-order valence-electron chi connectivity index (χ3n) is 4.02. The molecule has 28 heavy (non-hydrogen) atoms. The highest BCUT2D eigenvalue weighted by molar-refractivity contribution is 8.06. The van der Waals surface area contributed by atoms with Gasteiger partial charge in [-0.05, 0) is 18.6 Å². The molecule has 5 heteroatoms. The molecule has 0 amide bonds. The van der Waals surface area contributed by atoms with Gasteiger partial charge in [0, 0.05) is 18.1 Å². The maximum absolute atomic E-state index is 12.8. The normalized spacial score (nSPS) is 11.4. The van der Waals surface area contributed by atoms with Crippen molar-refractivity contribution in [1.29, 1.82) is 0 Å². The summed E-state index contributed by atoms with van der Waals surface area (Å²) in [6.45, 7) is 2.08. The summed E-state index contributed by atoms with van der Waals surface area (Å²) in [5, 5.41) is -1.24. The van der Waals surface area contributed by atoms with Gasteiger partial charge in [-0.15, -0.1) is 0 Å².